The largest absolute Gasteiger partial charge is 0.252 e. The highest BCUT2D eigenvalue weighted by Gasteiger charge is 1.98. The first-order valence-electron chi connectivity index (χ1n) is 5.03. The van der Waals surface area contributed by atoms with E-state index in [1.807, 2.05) is 49.6 Å². The molecule has 17 heavy (non-hydrogen) atoms. The molecule has 0 spiro atoms. The number of hydrogen-bond donors (Lipinski definition) is 1. The van der Waals surface area contributed by atoms with Gasteiger partial charge in [0.15, 0.2) is 0 Å². The maximum absolute atomic E-state index is 4.29. The summed E-state index contributed by atoms with van der Waals surface area (Å²) in [5, 5.41) is 7.11. The van der Waals surface area contributed by atoms with E-state index in [0.29, 0.717) is 0 Å². The summed E-state index contributed by atoms with van der Waals surface area (Å²) >= 11 is 1.56. The lowest BCUT2D eigenvalue weighted by Crippen LogP contribution is -1.99. The summed E-state index contributed by atoms with van der Waals surface area (Å²) in [6.45, 7) is 3.94. The summed E-state index contributed by atoms with van der Waals surface area (Å²) in [7, 11) is 0. The van der Waals surface area contributed by atoms with Crippen LogP contribution in [0.25, 0.3) is 0 Å². The Hall–Kier alpha value is -1.39. The van der Waals surface area contributed by atoms with Gasteiger partial charge in [-0.3, -0.25) is 5.43 Å². The van der Waals surface area contributed by atoms with E-state index in [1.54, 1.807) is 11.3 Å². The molecule has 0 saturated carbocycles. The molecule has 0 fully saturated rings. The fraction of sp³-hybridized carbons (Fsp3) is 0.167. The molecule has 0 amide bonds. The Morgan fingerprint density at radius 1 is 1.29 bits per heavy atom. The molecule has 0 atom stereocenters. The zero-order chi connectivity index (χ0) is 11.4. The standard InChI is InChI=1S/C12H13N3S.ClH/c1-9-8-16-12(13-9)15-14-10(2)11-6-4-3-5-7-11;/h3-8H,1-2H3,(H,13,15);1H/b14-10+;. The Morgan fingerprint density at radius 2 is 2.00 bits per heavy atom. The quantitative estimate of drug-likeness (QED) is 0.680. The summed E-state index contributed by atoms with van der Waals surface area (Å²) in [6, 6.07) is 10.1. The molecule has 90 valence electrons. The van der Waals surface area contributed by atoms with Gasteiger partial charge >= 0.3 is 0 Å². The summed E-state index contributed by atoms with van der Waals surface area (Å²) in [5.41, 5.74) is 6.04. The highest BCUT2D eigenvalue weighted by atomic mass is 35.5. The number of benzene rings is 1. The Morgan fingerprint density at radius 3 is 2.59 bits per heavy atom. The molecule has 1 aromatic heterocycles. The number of nitrogens with one attached hydrogen (secondary N) is 1. The lowest BCUT2D eigenvalue weighted by molar-refractivity contribution is 1.21. The second kappa shape index (κ2) is 6.37. The van der Waals surface area contributed by atoms with Crippen molar-refractivity contribution in [1.29, 1.82) is 0 Å². The summed E-state index contributed by atoms with van der Waals surface area (Å²) < 4.78 is 0. The lowest BCUT2D eigenvalue weighted by atomic mass is 10.1. The second-order valence-electron chi connectivity index (χ2n) is 3.47. The van der Waals surface area contributed by atoms with Crippen molar-refractivity contribution in [3.8, 4) is 0 Å². The van der Waals surface area contributed by atoms with Crippen LogP contribution in [0.5, 0.6) is 0 Å². The van der Waals surface area contributed by atoms with Crippen molar-refractivity contribution in [2.45, 2.75) is 13.8 Å². The van der Waals surface area contributed by atoms with Gasteiger partial charge in [0.25, 0.3) is 0 Å². The number of halogens is 1. The molecule has 0 saturated heterocycles. The first kappa shape index (κ1) is 13.7. The number of hydrazone groups is 1. The van der Waals surface area contributed by atoms with Gasteiger partial charge in [0.2, 0.25) is 5.13 Å². The van der Waals surface area contributed by atoms with Crippen molar-refractivity contribution >= 4 is 34.6 Å². The minimum atomic E-state index is 0. The van der Waals surface area contributed by atoms with Gasteiger partial charge in [-0.15, -0.1) is 23.7 Å². The molecule has 2 rings (SSSR count). The number of hydrogen-bond acceptors (Lipinski definition) is 4. The van der Waals surface area contributed by atoms with E-state index in [4.69, 9.17) is 0 Å². The smallest absolute Gasteiger partial charge is 0.203 e. The van der Waals surface area contributed by atoms with Crippen molar-refractivity contribution in [3.05, 3.63) is 47.0 Å². The number of nitrogens with zero attached hydrogens (tertiary/aromatic N) is 2. The van der Waals surface area contributed by atoms with Crippen LogP contribution in [0.1, 0.15) is 18.2 Å². The summed E-state index contributed by atoms with van der Waals surface area (Å²) in [5.74, 6) is 0. The summed E-state index contributed by atoms with van der Waals surface area (Å²) in [4.78, 5) is 4.28. The highest BCUT2D eigenvalue weighted by molar-refractivity contribution is 7.13. The Balaban J connectivity index is 0.00000144. The zero-order valence-electron chi connectivity index (χ0n) is 9.68. The molecule has 2 aromatic rings. The topological polar surface area (TPSA) is 37.3 Å². The highest BCUT2D eigenvalue weighted by Crippen LogP contribution is 2.14. The van der Waals surface area contributed by atoms with Crippen LogP contribution in [0.2, 0.25) is 0 Å². The zero-order valence-corrected chi connectivity index (χ0v) is 11.3. The van der Waals surface area contributed by atoms with Crippen LogP contribution in [0.15, 0.2) is 40.8 Å². The number of anilines is 1. The van der Waals surface area contributed by atoms with E-state index in [9.17, 15) is 0 Å². The van der Waals surface area contributed by atoms with Crippen LogP contribution >= 0.6 is 23.7 Å². The van der Waals surface area contributed by atoms with Crippen LogP contribution in [-0.2, 0) is 0 Å². The van der Waals surface area contributed by atoms with Crippen LogP contribution in [0.3, 0.4) is 0 Å². The van der Waals surface area contributed by atoms with Crippen LogP contribution < -0.4 is 5.43 Å². The van der Waals surface area contributed by atoms with Gasteiger partial charge in [-0.05, 0) is 19.4 Å². The molecule has 0 aliphatic rings. The van der Waals surface area contributed by atoms with E-state index in [-0.39, 0.29) is 12.4 Å². The van der Waals surface area contributed by atoms with Gasteiger partial charge in [-0.2, -0.15) is 5.10 Å². The van der Waals surface area contributed by atoms with E-state index in [0.717, 1.165) is 22.1 Å². The first-order valence-corrected chi connectivity index (χ1v) is 5.91. The molecule has 0 bridgehead atoms. The number of aryl methyl sites for hydroxylation is 1. The molecule has 0 aliphatic heterocycles. The molecule has 0 unspecified atom stereocenters. The third-order valence-electron chi connectivity index (χ3n) is 2.13. The van der Waals surface area contributed by atoms with Crippen LogP contribution in [-0.4, -0.2) is 10.7 Å². The first-order chi connectivity index (χ1) is 7.75. The average Bonchev–Trinajstić information content (AvgIpc) is 2.73. The number of thiazole rings is 1. The monoisotopic (exact) mass is 267 g/mol. The lowest BCUT2D eigenvalue weighted by Gasteiger charge is -2.00. The van der Waals surface area contributed by atoms with E-state index < -0.39 is 0 Å². The number of aromatic nitrogens is 1. The predicted molar refractivity (Wildman–Crippen MR) is 76.4 cm³/mol. The molecule has 0 aliphatic carbocycles. The SMILES string of the molecule is C/C(=N\Nc1nc(C)cs1)c1ccccc1.Cl. The van der Waals surface area contributed by atoms with Gasteiger partial charge in [-0.25, -0.2) is 4.98 Å². The van der Waals surface area contributed by atoms with Gasteiger partial charge < -0.3 is 0 Å². The summed E-state index contributed by atoms with van der Waals surface area (Å²) in [6.07, 6.45) is 0. The van der Waals surface area contributed by atoms with E-state index in [2.05, 4.69) is 15.5 Å². The van der Waals surface area contributed by atoms with E-state index in [1.165, 1.54) is 0 Å². The fourth-order valence-corrected chi connectivity index (χ4v) is 1.91. The third-order valence-corrected chi connectivity index (χ3v) is 2.99. The minimum absolute atomic E-state index is 0. The second-order valence-corrected chi connectivity index (χ2v) is 4.33. The minimum Gasteiger partial charge on any atom is -0.252 e. The Bertz CT molecular complexity index is 493. The molecule has 3 nitrogen and oxygen atoms in total. The van der Waals surface area contributed by atoms with Crippen molar-refractivity contribution in [2.75, 3.05) is 5.43 Å². The molecule has 1 N–H and O–H groups in total. The van der Waals surface area contributed by atoms with E-state index >= 15 is 0 Å². The number of rotatable bonds is 3. The Labute approximate surface area is 111 Å². The van der Waals surface area contributed by atoms with Crippen molar-refractivity contribution in [3.63, 3.8) is 0 Å². The van der Waals surface area contributed by atoms with Gasteiger partial charge in [0.05, 0.1) is 11.4 Å². The maximum atomic E-state index is 4.29. The van der Waals surface area contributed by atoms with Crippen molar-refractivity contribution < 1.29 is 0 Å². The third kappa shape index (κ3) is 3.84. The van der Waals surface area contributed by atoms with Gasteiger partial charge in [0, 0.05) is 5.38 Å². The molecule has 5 heteroatoms. The fourth-order valence-electron chi connectivity index (χ4n) is 1.28. The molecule has 1 heterocycles. The molecular weight excluding hydrogens is 254 g/mol. The molecule has 0 radical (unpaired) electrons. The Kier molecular flexibility index (Phi) is 5.12. The van der Waals surface area contributed by atoms with Crippen LogP contribution in [0.4, 0.5) is 5.13 Å². The molecular formula is C12H14ClN3S. The van der Waals surface area contributed by atoms with Crippen molar-refractivity contribution in [1.82, 2.24) is 4.98 Å². The average molecular weight is 268 g/mol. The van der Waals surface area contributed by atoms with Gasteiger partial charge in [0.1, 0.15) is 0 Å². The normalized spacial score (nSPS) is 10.8. The predicted octanol–water partition coefficient (Wildman–Crippen LogP) is 3.71. The van der Waals surface area contributed by atoms with Crippen molar-refractivity contribution in [2.24, 2.45) is 5.10 Å². The molecule has 1 aromatic carbocycles. The van der Waals surface area contributed by atoms with Gasteiger partial charge in [-0.1, -0.05) is 30.3 Å². The maximum Gasteiger partial charge on any atom is 0.203 e. The van der Waals surface area contributed by atoms with Crippen LogP contribution in [0, 0.1) is 6.92 Å².